The number of aromatic hydroxyl groups is 1. The smallest absolute Gasteiger partial charge is 0.172 e. The van der Waals surface area contributed by atoms with Gasteiger partial charge in [-0.05, 0) is 51.3 Å². The zero-order chi connectivity index (χ0) is 17.5. The number of hydrogen-bond donors (Lipinski definition) is 2. The van der Waals surface area contributed by atoms with Gasteiger partial charge in [-0.15, -0.1) is 0 Å². The predicted octanol–water partition coefficient (Wildman–Crippen LogP) is 3.30. The van der Waals surface area contributed by atoms with E-state index in [-0.39, 0.29) is 5.75 Å². The maximum absolute atomic E-state index is 9.78. The summed E-state index contributed by atoms with van der Waals surface area (Å²) < 4.78 is 16.1. The molecule has 2 rings (SSSR count). The zero-order valence-corrected chi connectivity index (χ0v) is 15.3. The van der Waals surface area contributed by atoms with Crippen LogP contribution in [0.4, 0.5) is 0 Å². The summed E-state index contributed by atoms with van der Waals surface area (Å²) in [6.45, 7) is 0.535. The fraction of sp³-hybridized carbons (Fsp3) is 0.235. The van der Waals surface area contributed by atoms with E-state index in [0.29, 0.717) is 28.3 Å². The summed E-state index contributed by atoms with van der Waals surface area (Å²) in [5.74, 6) is 1.80. The number of halogens is 1. The number of benzene rings is 2. The highest BCUT2D eigenvalue weighted by molar-refractivity contribution is 9.10. The number of phenolic OH excluding ortho intramolecular Hbond substituents is 1. The Hall–Kier alpha value is -2.41. The molecule has 7 heteroatoms. The minimum Gasteiger partial charge on any atom is -0.503 e. The Balaban J connectivity index is 2.01. The molecule has 0 unspecified atom stereocenters. The van der Waals surface area contributed by atoms with Crippen molar-refractivity contribution in [3.05, 3.63) is 45.9 Å². The molecule has 0 saturated carbocycles. The molecule has 0 fully saturated rings. The summed E-state index contributed by atoms with van der Waals surface area (Å²) >= 11 is 3.28. The number of hydrogen-bond acceptors (Lipinski definition) is 6. The van der Waals surface area contributed by atoms with Gasteiger partial charge < -0.3 is 24.7 Å². The number of phenols is 1. The zero-order valence-electron chi connectivity index (χ0n) is 13.7. The second-order valence-corrected chi connectivity index (χ2v) is 5.69. The van der Waals surface area contributed by atoms with Crippen molar-refractivity contribution in [2.45, 2.75) is 6.54 Å². The molecule has 2 N–H and O–H groups in total. The van der Waals surface area contributed by atoms with E-state index in [1.807, 2.05) is 18.2 Å². The monoisotopic (exact) mass is 394 g/mol. The van der Waals surface area contributed by atoms with Crippen molar-refractivity contribution in [3.8, 4) is 23.0 Å². The van der Waals surface area contributed by atoms with Crippen LogP contribution in [0.5, 0.6) is 23.0 Å². The van der Waals surface area contributed by atoms with E-state index < -0.39 is 0 Å². The van der Waals surface area contributed by atoms with Gasteiger partial charge >= 0.3 is 0 Å². The van der Waals surface area contributed by atoms with Gasteiger partial charge in [-0.25, -0.2) is 0 Å². The molecule has 0 bridgehead atoms. The lowest BCUT2D eigenvalue weighted by Crippen LogP contribution is -2.06. The topological polar surface area (TPSA) is 72.3 Å². The molecule has 0 spiro atoms. The number of methoxy groups -OCH3 is 3. The first kappa shape index (κ1) is 17.9. The molecular formula is C17H19BrN2O4. The summed E-state index contributed by atoms with van der Waals surface area (Å²) in [7, 11) is 4.70. The minimum atomic E-state index is 0.0629. The number of rotatable bonds is 7. The molecule has 24 heavy (non-hydrogen) atoms. The molecule has 0 atom stereocenters. The first-order chi connectivity index (χ1) is 11.6. The Morgan fingerprint density at radius 3 is 2.42 bits per heavy atom. The Morgan fingerprint density at radius 2 is 1.75 bits per heavy atom. The summed E-state index contributed by atoms with van der Waals surface area (Å²) in [4.78, 5) is 0. The van der Waals surface area contributed by atoms with Crippen LogP contribution in [-0.4, -0.2) is 32.7 Å². The van der Waals surface area contributed by atoms with Gasteiger partial charge in [-0.2, -0.15) is 5.10 Å². The average molecular weight is 395 g/mol. The van der Waals surface area contributed by atoms with Crippen molar-refractivity contribution in [3.63, 3.8) is 0 Å². The number of hydrazone groups is 1. The fourth-order valence-electron chi connectivity index (χ4n) is 2.07. The Morgan fingerprint density at radius 1 is 1.04 bits per heavy atom. The van der Waals surface area contributed by atoms with Crippen molar-refractivity contribution in [2.75, 3.05) is 21.3 Å². The van der Waals surface area contributed by atoms with E-state index in [1.165, 1.54) is 7.11 Å². The van der Waals surface area contributed by atoms with Gasteiger partial charge in [-0.3, -0.25) is 0 Å². The second-order valence-electron chi connectivity index (χ2n) is 4.84. The number of ether oxygens (including phenoxy) is 3. The van der Waals surface area contributed by atoms with Crippen LogP contribution in [0.2, 0.25) is 0 Å². The molecule has 0 heterocycles. The quantitative estimate of drug-likeness (QED) is 0.556. The SMILES string of the molecule is COc1ccc(CN/N=C\c2cc(Br)c(O)c(OC)c2)cc1OC. The molecule has 2 aromatic rings. The van der Waals surface area contributed by atoms with E-state index in [2.05, 4.69) is 26.5 Å². The van der Waals surface area contributed by atoms with Crippen molar-refractivity contribution in [1.82, 2.24) is 5.43 Å². The van der Waals surface area contributed by atoms with E-state index in [9.17, 15) is 5.11 Å². The highest BCUT2D eigenvalue weighted by atomic mass is 79.9. The van der Waals surface area contributed by atoms with E-state index in [4.69, 9.17) is 14.2 Å². The third-order valence-corrected chi connectivity index (χ3v) is 3.91. The highest BCUT2D eigenvalue weighted by Gasteiger charge is 2.07. The third kappa shape index (κ3) is 4.32. The van der Waals surface area contributed by atoms with Crippen LogP contribution >= 0.6 is 15.9 Å². The summed E-state index contributed by atoms with van der Waals surface area (Å²) in [6, 6.07) is 9.12. The maximum atomic E-state index is 9.78. The summed E-state index contributed by atoms with van der Waals surface area (Å²) in [5.41, 5.74) is 4.76. The Labute approximate surface area is 149 Å². The van der Waals surface area contributed by atoms with Crippen LogP contribution < -0.4 is 19.6 Å². The number of nitrogens with one attached hydrogen (secondary N) is 1. The molecule has 128 valence electrons. The lowest BCUT2D eigenvalue weighted by molar-refractivity contribution is 0.354. The van der Waals surface area contributed by atoms with Crippen LogP contribution in [-0.2, 0) is 6.54 Å². The molecule has 6 nitrogen and oxygen atoms in total. The van der Waals surface area contributed by atoms with E-state index in [0.717, 1.165) is 11.1 Å². The van der Waals surface area contributed by atoms with Crippen LogP contribution in [0.15, 0.2) is 39.9 Å². The molecule has 0 aliphatic carbocycles. The number of nitrogens with zero attached hydrogens (tertiary/aromatic N) is 1. The fourth-order valence-corrected chi connectivity index (χ4v) is 2.53. The first-order valence-corrected chi connectivity index (χ1v) is 7.91. The summed E-state index contributed by atoms with van der Waals surface area (Å²) in [5, 5.41) is 14.0. The summed E-state index contributed by atoms with van der Waals surface area (Å²) in [6.07, 6.45) is 1.65. The van der Waals surface area contributed by atoms with Gasteiger partial charge in [0, 0.05) is 0 Å². The van der Waals surface area contributed by atoms with Crippen LogP contribution in [0.1, 0.15) is 11.1 Å². The van der Waals surface area contributed by atoms with Crippen molar-refractivity contribution in [1.29, 1.82) is 0 Å². The lowest BCUT2D eigenvalue weighted by atomic mass is 10.2. The van der Waals surface area contributed by atoms with Crippen LogP contribution in [0, 0.1) is 0 Å². The van der Waals surface area contributed by atoms with Crippen molar-refractivity contribution >= 4 is 22.1 Å². The van der Waals surface area contributed by atoms with Gasteiger partial charge in [0.15, 0.2) is 23.0 Å². The maximum Gasteiger partial charge on any atom is 0.172 e. The third-order valence-electron chi connectivity index (χ3n) is 3.31. The molecule has 0 aromatic heterocycles. The van der Waals surface area contributed by atoms with Crippen molar-refractivity contribution in [2.24, 2.45) is 5.10 Å². The lowest BCUT2D eigenvalue weighted by Gasteiger charge is -2.09. The minimum absolute atomic E-state index is 0.0629. The molecule has 0 radical (unpaired) electrons. The van der Waals surface area contributed by atoms with Gasteiger partial charge in [0.25, 0.3) is 0 Å². The average Bonchev–Trinajstić information content (AvgIpc) is 2.61. The molecule has 0 saturated heterocycles. The van der Waals surface area contributed by atoms with Crippen molar-refractivity contribution < 1.29 is 19.3 Å². The second kappa shape index (κ2) is 8.44. The van der Waals surface area contributed by atoms with Gasteiger partial charge in [0.2, 0.25) is 0 Å². The van der Waals surface area contributed by atoms with Crippen LogP contribution in [0.25, 0.3) is 0 Å². The van der Waals surface area contributed by atoms with Gasteiger partial charge in [-0.1, -0.05) is 6.07 Å². The Bertz CT molecular complexity index is 735. The Kier molecular flexibility index (Phi) is 6.31. The van der Waals surface area contributed by atoms with E-state index in [1.54, 1.807) is 32.6 Å². The molecule has 0 aliphatic heterocycles. The van der Waals surface area contributed by atoms with Gasteiger partial charge in [0.1, 0.15) is 0 Å². The first-order valence-electron chi connectivity index (χ1n) is 7.12. The standard InChI is InChI=1S/C17H19BrN2O4/c1-22-14-5-4-11(7-15(14)23-2)9-19-20-10-12-6-13(18)17(21)16(8-12)24-3/h4-8,10,19,21H,9H2,1-3H3/b20-10-. The largest absolute Gasteiger partial charge is 0.503 e. The normalized spacial score (nSPS) is 10.7. The predicted molar refractivity (Wildman–Crippen MR) is 96.3 cm³/mol. The van der Waals surface area contributed by atoms with E-state index >= 15 is 0 Å². The molecule has 2 aromatic carbocycles. The highest BCUT2D eigenvalue weighted by Crippen LogP contribution is 2.34. The van der Waals surface area contributed by atoms with Gasteiger partial charge in [0.05, 0.1) is 38.6 Å². The molecule has 0 aliphatic rings. The molecular weight excluding hydrogens is 376 g/mol. The van der Waals surface area contributed by atoms with Crippen LogP contribution in [0.3, 0.4) is 0 Å². The molecule has 0 amide bonds.